The lowest BCUT2D eigenvalue weighted by Gasteiger charge is -2.23. The summed E-state index contributed by atoms with van der Waals surface area (Å²) in [5.41, 5.74) is 0. The first-order chi connectivity index (χ1) is 9.85. The zero-order valence-electron chi connectivity index (χ0n) is 12.3. The Morgan fingerprint density at radius 3 is 2.60 bits per heavy atom. The number of hydrogen-bond donors (Lipinski definition) is 2. The average molecular weight is 280 g/mol. The van der Waals surface area contributed by atoms with E-state index in [1.54, 1.807) is 13.4 Å². The number of anilines is 2. The van der Waals surface area contributed by atoms with Gasteiger partial charge in [-0.2, -0.15) is 0 Å². The van der Waals surface area contributed by atoms with Crippen LogP contribution in [0.25, 0.3) is 0 Å². The molecule has 1 aromatic rings. The minimum Gasteiger partial charge on any atom is -0.490 e. The van der Waals surface area contributed by atoms with E-state index >= 15 is 0 Å². The highest BCUT2D eigenvalue weighted by molar-refractivity contribution is 5.63. The molecular weight excluding hydrogens is 256 g/mol. The lowest BCUT2D eigenvalue weighted by atomic mass is 10.0. The standard InChI is InChI=1S/C14H24N4O2/c1-3-6-15-13-12(19-2)14(18-10-17-13)16-9-11-4-7-20-8-5-11/h10-11H,3-9H2,1-2H3,(H2,15,16,17,18). The molecule has 0 saturated carbocycles. The summed E-state index contributed by atoms with van der Waals surface area (Å²) in [6.07, 6.45) is 4.80. The number of aromatic nitrogens is 2. The molecule has 2 rings (SSSR count). The molecule has 0 radical (unpaired) electrons. The Hall–Kier alpha value is -1.56. The van der Waals surface area contributed by atoms with Crippen LogP contribution < -0.4 is 15.4 Å². The van der Waals surface area contributed by atoms with Gasteiger partial charge in [-0.3, -0.25) is 0 Å². The first-order valence-corrected chi connectivity index (χ1v) is 7.29. The number of rotatable bonds is 7. The normalized spacial score (nSPS) is 15.9. The first kappa shape index (κ1) is 14.8. The molecule has 1 aromatic heterocycles. The van der Waals surface area contributed by atoms with Crippen molar-refractivity contribution in [3.8, 4) is 5.75 Å². The van der Waals surface area contributed by atoms with E-state index in [2.05, 4.69) is 27.5 Å². The molecule has 6 heteroatoms. The van der Waals surface area contributed by atoms with Crippen molar-refractivity contribution in [3.05, 3.63) is 6.33 Å². The summed E-state index contributed by atoms with van der Waals surface area (Å²) in [4.78, 5) is 8.52. The van der Waals surface area contributed by atoms with Crippen LogP contribution in [0.1, 0.15) is 26.2 Å². The van der Waals surface area contributed by atoms with Crippen molar-refractivity contribution in [2.45, 2.75) is 26.2 Å². The zero-order valence-corrected chi connectivity index (χ0v) is 12.3. The van der Waals surface area contributed by atoms with Crippen LogP contribution in [0.5, 0.6) is 5.75 Å². The summed E-state index contributed by atoms with van der Waals surface area (Å²) in [6, 6.07) is 0. The highest BCUT2D eigenvalue weighted by atomic mass is 16.5. The number of hydrogen-bond acceptors (Lipinski definition) is 6. The van der Waals surface area contributed by atoms with Gasteiger partial charge in [0.05, 0.1) is 7.11 Å². The average Bonchev–Trinajstić information content (AvgIpc) is 2.51. The van der Waals surface area contributed by atoms with Gasteiger partial charge in [0.1, 0.15) is 6.33 Å². The summed E-state index contributed by atoms with van der Waals surface area (Å²) in [7, 11) is 1.65. The predicted octanol–water partition coefficient (Wildman–Crippen LogP) is 2.15. The van der Waals surface area contributed by atoms with Crippen LogP contribution in [-0.4, -0.2) is 43.4 Å². The van der Waals surface area contributed by atoms with Crippen LogP contribution in [0.4, 0.5) is 11.6 Å². The van der Waals surface area contributed by atoms with E-state index < -0.39 is 0 Å². The van der Waals surface area contributed by atoms with Crippen molar-refractivity contribution in [1.29, 1.82) is 0 Å². The Labute approximate surface area is 120 Å². The second kappa shape index (κ2) is 7.89. The molecule has 0 aliphatic carbocycles. The van der Waals surface area contributed by atoms with E-state index in [9.17, 15) is 0 Å². The minimum atomic E-state index is 0.635. The molecule has 0 bridgehead atoms. The van der Waals surface area contributed by atoms with Crippen molar-refractivity contribution in [1.82, 2.24) is 9.97 Å². The molecular formula is C14H24N4O2. The SMILES string of the molecule is CCCNc1ncnc(NCC2CCOCC2)c1OC. The molecule has 0 spiro atoms. The summed E-state index contributed by atoms with van der Waals surface area (Å²) in [5.74, 6) is 2.83. The van der Waals surface area contributed by atoms with Crippen molar-refractivity contribution in [3.63, 3.8) is 0 Å². The number of methoxy groups -OCH3 is 1. The van der Waals surface area contributed by atoms with Crippen molar-refractivity contribution in [2.75, 3.05) is 44.0 Å². The fraction of sp³-hybridized carbons (Fsp3) is 0.714. The van der Waals surface area contributed by atoms with E-state index in [0.717, 1.165) is 57.2 Å². The Morgan fingerprint density at radius 2 is 1.95 bits per heavy atom. The van der Waals surface area contributed by atoms with Crippen LogP contribution >= 0.6 is 0 Å². The van der Waals surface area contributed by atoms with E-state index in [0.29, 0.717) is 11.7 Å². The van der Waals surface area contributed by atoms with Gasteiger partial charge in [-0.1, -0.05) is 6.92 Å². The second-order valence-corrected chi connectivity index (χ2v) is 4.97. The lowest BCUT2D eigenvalue weighted by Crippen LogP contribution is -2.23. The highest BCUT2D eigenvalue weighted by Gasteiger charge is 2.16. The van der Waals surface area contributed by atoms with Gasteiger partial charge in [0, 0.05) is 26.3 Å². The summed E-state index contributed by atoms with van der Waals surface area (Å²) < 4.78 is 10.8. The lowest BCUT2D eigenvalue weighted by molar-refractivity contribution is 0.0699. The zero-order chi connectivity index (χ0) is 14.2. The molecule has 0 amide bonds. The monoisotopic (exact) mass is 280 g/mol. The van der Waals surface area contributed by atoms with Gasteiger partial charge in [0.25, 0.3) is 0 Å². The molecule has 2 heterocycles. The fourth-order valence-electron chi connectivity index (χ4n) is 2.25. The van der Waals surface area contributed by atoms with Crippen LogP contribution in [-0.2, 0) is 4.74 Å². The van der Waals surface area contributed by atoms with Gasteiger partial charge >= 0.3 is 0 Å². The van der Waals surface area contributed by atoms with E-state index in [4.69, 9.17) is 9.47 Å². The molecule has 1 fully saturated rings. The topological polar surface area (TPSA) is 68.3 Å². The Kier molecular flexibility index (Phi) is 5.86. The van der Waals surface area contributed by atoms with Crippen molar-refractivity contribution >= 4 is 11.6 Å². The largest absolute Gasteiger partial charge is 0.490 e. The predicted molar refractivity (Wildman–Crippen MR) is 79.4 cm³/mol. The molecule has 0 aromatic carbocycles. The molecule has 1 saturated heterocycles. The maximum Gasteiger partial charge on any atom is 0.204 e. The summed E-state index contributed by atoms with van der Waals surface area (Å²) in [5, 5.41) is 6.64. The highest BCUT2D eigenvalue weighted by Crippen LogP contribution is 2.29. The van der Waals surface area contributed by atoms with Gasteiger partial charge in [-0.25, -0.2) is 9.97 Å². The van der Waals surface area contributed by atoms with E-state index in [-0.39, 0.29) is 0 Å². The maximum atomic E-state index is 5.44. The van der Waals surface area contributed by atoms with Crippen molar-refractivity contribution < 1.29 is 9.47 Å². The Bertz CT molecular complexity index is 408. The van der Waals surface area contributed by atoms with Gasteiger partial charge in [0.2, 0.25) is 5.75 Å². The van der Waals surface area contributed by atoms with Gasteiger partial charge in [-0.15, -0.1) is 0 Å². The second-order valence-electron chi connectivity index (χ2n) is 4.97. The molecule has 1 aliphatic rings. The molecule has 6 nitrogen and oxygen atoms in total. The maximum absolute atomic E-state index is 5.44. The smallest absolute Gasteiger partial charge is 0.204 e. The van der Waals surface area contributed by atoms with E-state index in [1.165, 1.54) is 0 Å². The Morgan fingerprint density at radius 1 is 1.25 bits per heavy atom. The third-order valence-electron chi connectivity index (χ3n) is 3.45. The molecule has 1 aliphatic heterocycles. The van der Waals surface area contributed by atoms with Gasteiger partial charge in [-0.05, 0) is 25.2 Å². The van der Waals surface area contributed by atoms with Crippen LogP contribution in [0.3, 0.4) is 0 Å². The third-order valence-corrected chi connectivity index (χ3v) is 3.45. The summed E-state index contributed by atoms with van der Waals surface area (Å²) in [6.45, 7) is 5.59. The fourth-order valence-corrected chi connectivity index (χ4v) is 2.25. The third kappa shape index (κ3) is 3.96. The number of nitrogens with zero attached hydrogens (tertiary/aromatic N) is 2. The quantitative estimate of drug-likeness (QED) is 0.797. The number of ether oxygens (including phenoxy) is 2. The Balaban J connectivity index is 1.98. The van der Waals surface area contributed by atoms with Gasteiger partial charge in [0.15, 0.2) is 11.6 Å². The first-order valence-electron chi connectivity index (χ1n) is 7.29. The van der Waals surface area contributed by atoms with Crippen LogP contribution in [0.2, 0.25) is 0 Å². The molecule has 112 valence electrons. The van der Waals surface area contributed by atoms with Crippen LogP contribution in [0, 0.1) is 5.92 Å². The van der Waals surface area contributed by atoms with Crippen LogP contribution in [0.15, 0.2) is 6.33 Å². The van der Waals surface area contributed by atoms with E-state index in [1.807, 2.05) is 0 Å². The molecule has 0 unspecified atom stereocenters. The van der Waals surface area contributed by atoms with Crippen molar-refractivity contribution in [2.24, 2.45) is 5.92 Å². The number of nitrogens with one attached hydrogen (secondary N) is 2. The molecule has 20 heavy (non-hydrogen) atoms. The molecule has 2 N–H and O–H groups in total. The minimum absolute atomic E-state index is 0.635. The summed E-state index contributed by atoms with van der Waals surface area (Å²) >= 11 is 0. The van der Waals surface area contributed by atoms with Gasteiger partial charge < -0.3 is 20.1 Å². The molecule has 0 atom stereocenters.